The number of anilines is 2. The van der Waals surface area contributed by atoms with E-state index in [1.54, 1.807) is 19.1 Å². The second kappa shape index (κ2) is 3.90. The third kappa shape index (κ3) is 2.09. The van der Waals surface area contributed by atoms with Crippen molar-refractivity contribution in [1.82, 2.24) is 9.97 Å². The van der Waals surface area contributed by atoms with Crippen LogP contribution < -0.4 is 11.0 Å². The molecule has 0 radical (unpaired) electrons. The predicted octanol–water partition coefficient (Wildman–Crippen LogP) is 1.29. The third-order valence-electron chi connectivity index (χ3n) is 1.86. The highest BCUT2D eigenvalue weighted by atomic mass is 16.4. The first-order valence-electron chi connectivity index (χ1n) is 4.52. The molecule has 2 aromatic rings. The Morgan fingerprint density at radius 2 is 2.38 bits per heavy atom. The van der Waals surface area contributed by atoms with Crippen LogP contribution in [-0.4, -0.2) is 9.97 Å². The average Bonchev–Trinajstić information content (AvgIpc) is 2.63. The number of hydrogen-bond donors (Lipinski definition) is 2. The summed E-state index contributed by atoms with van der Waals surface area (Å²) in [4.78, 5) is 17.0. The molecule has 0 spiro atoms. The zero-order valence-corrected chi connectivity index (χ0v) is 8.44. The highest BCUT2D eigenvalue weighted by Crippen LogP contribution is 2.16. The lowest BCUT2D eigenvalue weighted by Gasteiger charge is -2.00. The number of hydrogen-bond acceptors (Lipinski definition) is 5. The number of aromatic amines is 1. The van der Waals surface area contributed by atoms with Crippen LogP contribution in [0.15, 0.2) is 27.4 Å². The summed E-state index contributed by atoms with van der Waals surface area (Å²) in [6.07, 6.45) is 0. The Morgan fingerprint density at radius 1 is 1.56 bits per heavy atom. The topological polar surface area (TPSA) is 94.7 Å². The Morgan fingerprint density at radius 3 is 3.00 bits per heavy atom. The van der Waals surface area contributed by atoms with Crippen LogP contribution in [0.3, 0.4) is 0 Å². The van der Waals surface area contributed by atoms with Crippen molar-refractivity contribution in [3.63, 3.8) is 0 Å². The molecular formula is C10H8N4O2. The molecule has 6 nitrogen and oxygen atoms in total. The summed E-state index contributed by atoms with van der Waals surface area (Å²) >= 11 is 0. The van der Waals surface area contributed by atoms with Gasteiger partial charge in [0.25, 0.3) is 0 Å². The number of aromatic nitrogens is 2. The van der Waals surface area contributed by atoms with Crippen molar-refractivity contribution in [3.05, 3.63) is 40.1 Å². The fourth-order valence-electron chi connectivity index (χ4n) is 1.21. The lowest BCUT2D eigenvalue weighted by Crippen LogP contribution is -2.13. The summed E-state index contributed by atoms with van der Waals surface area (Å²) in [6, 6.07) is 6.75. The van der Waals surface area contributed by atoms with Gasteiger partial charge in [0.1, 0.15) is 23.3 Å². The maximum atomic E-state index is 11.1. The Bertz CT molecular complexity index is 606. The van der Waals surface area contributed by atoms with E-state index in [0.29, 0.717) is 5.88 Å². The molecule has 6 heteroatoms. The second-order valence-electron chi connectivity index (χ2n) is 3.13. The summed E-state index contributed by atoms with van der Waals surface area (Å²) in [7, 11) is 0. The van der Waals surface area contributed by atoms with Crippen molar-refractivity contribution in [1.29, 1.82) is 5.26 Å². The minimum atomic E-state index is -0.579. The Balaban J connectivity index is 2.32. The van der Waals surface area contributed by atoms with Gasteiger partial charge >= 0.3 is 5.69 Å². The zero-order valence-electron chi connectivity index (χ0n) is 8.44. The van der Waals surface area contributed by atoms with Gasteiger partial charge in [0.15, 0.2) is 5.88 Å². The molecule has 2 N–H and O–H groups in total. The highest BCUT2D eigenvalue weighted by Gasteiger charge is 2.03. The first kappa shape index (κ1) is 9.98. The molecule has 0 bridgehead atoms. The number of nitrogens with one attached hydrogen (secondary N) is 2. The molecule has 0 aliphatic heterocycles. The minimum absolute atomic E-state index is 0.144. The van der Waals surface area contributed by atoms with E-state index in [2.05, 4.69) is 15.3 Å². The van der Waals surface area contributed by atoms with Crippen LogP contribution in [0, 0.1) is 18.3 Å². The molecule has 0 aliphatic rings. The summed E-state index contributed by atoms with van der Waals surface area (Å²) in [5.41, 5.74) is -0.435. The lowest BCUT2D eigenvalue weighted by molar-refractivity contribution is 0.551. The van der Waals surface area contributed by atoms with Crippen LogP contribution in [0.4, 0.5) is 11.7 Å². The number of nitriles is 1. The van der Waals surface area contributed by atoms with Gasteiger partial charge in [0.2, 0.25) is 0 Å². The van der Waals surface area contributed by atoms with Crippen molar-refractivity contribution in [2.45, 2.75) is 6.92 Å². The number of rotatable bonds is 2. The van der Waals surface area contributed by atoms with E-state index in [0.717, 1.165) is 5.76 Å². The number of aryl methyl sites for hydroxylation is 1. The Kier molecular flexibility index (Phi) is 2.44. The van der Waals surface area contributed by atoms with Gasteiger partial charge in [-0.15, -0.1) is 0 Å². The van der Waals surface area contributed by atoms with Crippen molar-refractivity contribution in [2.24, 2.45) is 0 Å². The van der Waals surface area contributed by atoms with Crippen molar-refractivity contribution in [3.8, 4) is 6.07 Å². The summed E-state index contributed by atoms with van der Waals surface area (Å²) in [5.74, 6) is 1.49. The van der Waals surface area contributed by atoms with E-state index in [-0.39, 0.29) is 11.5 Å². The van der Waals surface area contributed by atoms with E-state index in [1.807, 2.05) is 6.07 Å². The summed E-state index contributed by atoms with van der Waals surface area (Å²) < 4.78 is 5.25. The van der Waals surface area contributed by atoms with Crippen molar-refractivity contribution >= 4 is 11.7 Å². The Hall–Kier alpha value is -2.55. The molecule has 16 heavy (non-hydrogen) atoms. The fourth-order valence-corrected chi connectivity index (χ4v) is 1.21. The second-order valence-corrected chi connectivity index (χ2v) is 3.13. The summed E-state index contributed by atoms with van der Waals surface area (Å²) in [5, 5.41) is 11.4. The molecule has 0 saturated carbocycles. The predicted molar refractivity (Wildman–Crippen MR) is 56.3 cm³/mol. The van der Waals surface area contributed by atoms with Crippen LogP contribution in [-0.2, 0) is 0 Å². The number of H-pyrrole nitrogens is 1. The number of nitrogens with zero attached hydrogens (tertiary/aromatic N) is 2. The van der Waals surface area contributed by atoms with Crippen LogP contribution in [0.1, 0.15) is 11.5 Å². The van der Waals surface area contributed by atoms with Crippen molar-refractivity contribution < 1.29 is 4.42 Å². The van der Waals surface area contributed by atoms with E-state index in [1.165, 1.54) is 6.07 Å². The minimum Gasteiger partial charge on any atom is -0.446 e. The van der Waals surface area contributed by atoms with Crippen LogP contribution in [0.25, 0.3) is 0 Å². The van der Waals surface area contributed by atoms with Gasteiger partial charge in [0.05, 0.1) is 0 Å². The average molecular weight is 216 g/mol. The van der Waals surface area contributed by atoms with Gasteiger partial charge in [-0.3, -0.25) is 4.98 Å². The maximum absolute atomic E-state index is 11.1. The molecule has 0 saturated heterocycles. The van der Waals surface area contributed by atoms with Gasteiger partial charge in [-0.25, -0.2) is 4.79 Å². The summed E-state index contributed by atoms with van der Waals surface area (Å²) in [6.45, 7) is 1.80. The molecule has 0 amide bonds. The monoisotopic (exact) mass is 216 g/mol. The van der Waals surface area contributed by atoms with E-state index < -0.39 is 5.69 Å². The molecule has 2 aromatic heterocycles. The normalized spacial score (nSPS) is 9.75. The van der Waals surface area contributed by atoms with Crippen LogP contribution in [0.5, 0.6) is 0 Å². The molecule has 2 rings (SSSR count). The third-order valence-corrected chi connectivity index (χ3v) is 1.86. The first-order valence-corrected chi connectivity index (χ1v) is 4.52. The van der Waals surface area contributed by atoms with Gasteiger partial charge in [-0.2, -0.15) is 10.2 Å². The lowest BCUT2D eigenvalue weighted by atomic mass is 10.4. The van der Waals surface area contributed by atoms with Gasteiger partial charge in [-0.1, -0.05) is 0 Å². The molecule has 0 atom stereocenters. The molecule has 0 fully saturated rings. The molecule has 2 heterocycles. The molecule has 0 aliphatic carbocycles. The zero-order chi connectivity index (χ0) is 11.5. The maximum Gasteiger partial charge on any atom is 0.347 e. The smallest absolute Gasteiger partial charge is 0.347 e. The molecule has 0 aromatic carbocycles. The Labute approximate surface area is 90.6 Å². The van der Waals surface area contributed by atoms with E-state index in [9.17, 15) is 4.79 Å². The molecular weight excluding hydrogens is 208 g/mol. The first-order chi connectivity index (χ1) is 7.67. The van der Waals surface area contributed by atoms with Gasteiger partial charge < -0.3 is 9.73 Å². The highest BCUT2D eigenvalue weighted by molar-refractivity contribution is 5.51. The molecule has 80 valence electrons. The van der Waals surface area contributed by atoms with Crippen molar-refractivity contribution in [2.75, 3.05) is 5.32 Å². The van der Waals surface area contributed by atoms with E-state index in [4.69, 9.17) is 9.68 Å². The largest absolute Gasteiger partial charge is 0.446 e. The van der Waals surface area contributed by atoms with Gasteiger partial charge in [0, 0.05) is 12.1 Å². The SMILES string of the molecule is Cc1ccc(Nc2cc(C#N)[nH]c(=O)n2)o1. The quantitative estimate of drug-likeness (QED) is 0.788. The fraction of sp³-hybridized carbons (Fsp3) is 0.100. The standard InChI is InChI=1S/C10H8N4O2/c1-6-2-3-9(16-6)13-8-4-7(5-11)12-10(15)14-8/h2-4H,1H3,(H2,12,13,14,15). The van der Waals surface area contributed by atoms with Crippen LogP contribution in [0.2, 0.25) is 0 Å². The van der Waals surface area contributed by atoms with Crippen LogP contribution >= 0.6 is 0 Å². The van der Waals surface area contributed by atoms with Gasteiger partial charge in [-0.05, 0) is 13.0 Å². The number of furan rings is 1. The molecule has 0 unspecified atom stereocenters. The van der Waals surface area contributed by atoms with E-state index >= 15 is 0 Å².